The van der Waals surface area contributed by atoms with Gasteiger partial charge in [-0.05, 0) is 64.3 Å². The van der Waals surface area contributed by atoms with E-state index in [1.54, 1.807) is 0 Å². The number of hydrogen-bond acceptors (Lipinski definition) is 23. The van der Waals surface area contributed by atoms with Crippen LogP contribution in [0.4, 0.5) is 14.4 Å². The molecule has 8 saturated heterocycles. The Labute approximate surface area is 448 Å². The molecule has 8 N–H and O–H groups in total. The first-order chi connectivity index (χ1) is 37.0. The molecule has 0 aromatic rings. The van der Waals surface area contributed by atoms with Crippen LogP contribution in [0.1, 0.15) is 77.0 Å². The molecule has 0 aromatic carbocycles. The minimum atomic E-state index is -4.81. The van der Waals surface area contributed by atoms with Crippen molar-refractivity contribution in [2.75, 3.05) is 85.5 Å². The van der Waals surface area contributed by atoms with Crippen LogP contribution in [0.2, 0.25) is 0 Å². The number of carbonyl (C=O) groups excluding carboxylic acids is 6. The Hall–Kier alpha value is -4.49. The van der Waals surface area contributed by atoms with Crippen molar-refractivity contribution in [3.05, 3.63) is 0 Å². The van der Waals surface area contributed by atoms with Gasteiger partial charge in [0.05, 0.1) is 76.1 Å². The normalized spacial score (nSPS) is 27.3. The topological polar surface area (TPSA) is 428 Å². The second-order valence-corrected chi connectivity index (χ2v) is 22.3. The highest BCUT2D eigenvalue weighted by Crippen LogP contribution is 2.33. The summed E-state index contributed by atoms with van der Waals surface area (Å²) in [5, 5.41) is 8.01. The molecule has 1 aliphatic carbocycles. The average Bonchev–Trinajstić information content (AvgIpc) is 4.09. The zero-order valence-corrected chi connectivity index (χ0v) is 44.6. The summed E-state index contributed by atoms with van der Waals surface area (Å²) in [6.45, 7) is 5.29. The summed E-state index contributed by atoms with van der Waals surface area (Å²) in [5.41, 5.74) is 6.88. The van der Waals surface area contributed by atoms with Gasteiger partial charge in [-0.25, -0.2) is 30.8 Å². The second kappa shape index (κ2) is 27.8. The van der Waals surface area contributed by atoms with Gasteiger partial charge in [-0.15, -0.1) is 12.9 Å². The molecule has 0 aromatic heterocycles. The van der Waals surface area contributed by atoms with E-state index < -0.39 is 103 Å². The predicted octanol–water partition coefficient (Wildman–Crippen LogP) is -3.17. The lowest BCUT2D eigenvalue weighted by molar-refractivity contribution is -0.141. The molecular formula is C40H67N11O24S3. The number of nitrogens with one attached hydrogen (secondary N) is 5. The third-order valence-corrected chi connectivity index (χ3v) is 14.9. The summed E-state index contributed by atoms with van der Waals surface area (Å²) in [7, 11) is -14.4. The van der Waals surface area contributed by atoms with Crippen LogP contribution in [0, 0.1) is 0 Å². The van der Waals surface area contributed by atoms with E-state index in [2.05, 4.69) is 39.9 Å². The molecule has 38 heteroatoms. The number of nitrogens with zero attached hydrogens (tertiary/aromatic N) is 6. The number of urea groups is 3. The third kappa shape index (κ3) is 17.5. The van der Waals surface area contributed by atoms with Crippen molar-refractivity contribution in [3.8, 4) is 0 Å². The second-order valence-electron chi connectivity index (χ2n) is 19.2. The van der Waals surface area contributed by atoms with Crippen LogP contribution in [-0.2, 0) is 87.2 Å². The molecule has 0 spiro atoms. The minimum absolute atomic E-state index is 0.129. The summed E-state index contributed by atoms with van der Waals surface area (Å²) in [6.07, 6.45) is 9.25. The lowest BCUT2D eigenvalue weighted by Crippen LogP contribution is -2.50. The van der Waals surface area contributed by atoms with E-state index in [1.165, 1.54) is 34.0 Å². The molecule has 9 aliphatic rings. The van der Waals surface area contributed by atoms with Crippen LogP contribution in [0.15, 0.2) is 0 Å². The van der Waals surface area contributed by atoms with Crippen LogP contribution < -0.4 is 27.1 Å². The third-order valence-electron chi connectivity index (χ3n) is 13.8. The van der Waals surface area contributed by atoms with Crippen LogP contribution in [-0.4, -0.2) is 245 Å². The summed E-state index contributed by atoms with van der Waals surface area (Å²) >= 11 is 0. The van der Waals surface area contributed by atoms with Crippen LogP contribution in [0.3, 0.4) is 0 Å². The fraction of sp³-hybridized carbons (Fsp3) is 0.850. The predicted molar refractivity (Wildman–Crippen MR) is 255 cm³/mol. The molecule has 78 heavy (non-hydrogen) atoms. The number of amides is 9. The zero-order chi connectivity index (χ0) is 56.2. The smallest absolute Gasteiger partial charge is 0.376 e. The maximum atomic E-state index is 12.3. The Bertz CT molecular complexity index is 2440. The molecule has 8 heterocycles. The van der Waals surface area contributed by atoms with Crippen molar-refractivity contribution >= 4 is 67.0 Å². The summed E-state index contributed by atoms with van der Waals surface area (Å²) < 4.78 is 121. The molecule has 1 saturated carbocycles. The molecule has 0 radical (unpaired) electrons. The minimum Gasteiger partial charge on any atom is -0.376 e. The zero-order valence-electron chi connectivity index (χ0n) is 42.2. The first kappa shape index (κ1) is 61.1. The monoisotopic (exact) mass is 1180 g/mol. The first-order valence-electron chi connectivity index (χ1n) is 25.4. The molecule has 35 nitrogen and oxygen atoms in total. The van der Waals surface area contributed by atoms with Gasteiger partial charge in [-0.1, -0.05) is 19.3 Å². The standard InChI is InChI=1S/C15H25N3O8S.C13H22N4O8S.C12H20N4O8S/c19-14(16-25-9-8-24-12-4-2-1-3-5-12)13-7-6-11-10-17(13)15(20)18(11)26-27(21,22)23;18-12(15-24-6-5-23-10-3-4-14-7-10)11-2-1-9-8-16(11)13(19)17(9)25-26(20,21)22;17-11(14-23-4-3-22-9-5-13-6-9)10-2-1-8-7-15(10)12(18)16(8)24-25(19,20)21/h11-13H,1-10H2,(H,16,19)(H,21,22,23);9-11,14H,1-8H2,(H,15,18)(H,20,21,22);8-10,13H,1-7H2,(H,14,17)(H,19,20,21)/t11-,13+;9-,10?,11+;8-,10+/m111/s1. The number of hydroxylamine groups is 9. The maximum absolute atomic E-state index is 12.3. The number of fused-ring (bicyclic) bond motifs is 6. The lowest BCUT2D eigenvalue weighted by Gasteiger charge is -2.29. The maximum Gasteiger partial charge on any atom is 0.418 e. The van der Waals surface area contributed by atoms with Gasteiger partial charge in [0, 0.05) is 39.3 Å². The number of carbonyl (C=O) groups is 6. The van der Waals surface area contributed by atoms with Crippen molar-refractivity contribution in [1.29, 1.82) is 0 Å². The number of hydrogen-bond donors (Lipinski definition) is 8. The Kier molecular flexibility index (Phi) is 21.8. The van der Waals surface area contributed by atoms with Crippen LogP contribution >= 0.6 is 0 Å². The number of ether oxygens (including phenoxy) is 3. The Morgan fingerprint density at radius 2 is 0.795 bits per heavy atom. The van der Waals surface area contributed by atoms with Crippen molar-refractivity contribution < 1.29 is 109 Å². The molecule has 9 amide bonds. The molecule has 9 rings (SSSR count). The van der Waals surface area contributed by atoms with Crippen molar-refractivity contribution in [3.63, 3.8) is 0 Å². The molecule has 1 unspecified atom stereocenters. The van der Waals surface area contributed by atoms with Crippen LogP contribution in [0.5, 0.6) is 0 Å². The highest BCUT2D eigenvalue weighted by atomic mass is 32.3. The molecule has 9 fully saturated rings. The molecule has 8 aliphatic heterocycles. The van der Waals surface area contributed by atoms with E-state index >= 15 is 0 Å². The van der Waals surface area contributed by atoms with E-state index in [4.69, 9.17) is 42.4 Å². The number of rotatable bonds is 24. The van der Waals surface area contributed by atoms with Crippen molar-refractivity contribution in [1.82, 2.24) is 57.0 Å². The molecular weight excluding hydrogens is 1110 g/mol. The fourth-order valence-electron chi connectivity index (χ4n) is 10.0. The fourth-order valence-corrected chi connectivity index (χ4v) is 11.2. The van der Waals surface area contributed by atoms with Crippen molar-refractivity contribution in [2.24, 2.45) is 0 Å². The van der Waals surface area contributed by atoms with E-state index in [1.807, 2.05) is 0 Å². The van der Waals surface area contributed by atoms with Crippen molar-refractivity contribution in [2.45, 2.75) is 132 Å². The SMILES string of the molecule is O=C(NOCCOC1CCCCC1)[C@@H]1CC[C@@H]2CN1C(=O)N2OS(=O)(=O)O.O=C(NOCCOC1CCNC1)[C@@H]1CC[C@@H]2CN1C(=O)N2OS(=O)(=O)O.O=C(NOCCOC1CNC1)[C@@H]1CC[C@@H]2CN1C(=O)N2OS(=O)(=O)O. The Morgan fingerprint density at radius 3 is 1.12 bits per heavy atom. The summed E-state index contributed by atoms with van der Waals surface area (Å²) in [4.78, 5) is 92.2. The van der Waals surface area contributed by atoms with Gasteiger partial charge in [0.1, 0.15) is 18.1 Å². The summed E-state index contributed by atoms with van der Waals surface area (Å²) in [5.74, 6) is -1.51. The summed E-state index contributed by atoms with van der Waals surface area (Å²) in [6, 6.07) is -6.36. The van der Waals surface area contributed by atoms with Gasteiger partial charge in [-0.2, -0.15) is 40.4 Å². The van der Waals surface area contributed by atoms with Gasteiger partial charge in [-0.3, -0.25) is 42.6 Å². The largest absolute Gasteiger partial charge is 0.418 e. The van der Waals surface area contributed by atoms with Gasteiger partial charge < -0.3 is 39.5 Å². The lowest BCUT2D eigenvalue weighted by atomic mass is 9.98. The van der Waals surface area contributed by atoms with Gasteiger partial charge in [0.2, 0.25) is 0 Å². The first-order valence-corrected chi connectivity index (χ1v) is 29.5. The average molecular weight is 1180 g/mol. The van der Waals surface area contributed by atoms with E-state index in [-0.39, 0.29) is 57.8 Å². The van der Waals surface area contributed by atoms with E-state index in [0.717, 1.165) is 45.4 Å². The molecule has 7 atom stereocenters. The van der Waals surface area contributed by atoms with Crippen LogP contribution in [0.25, 0.3) is 0 Å². The van der Waals surface area contributed by atoms with Gasteiger partial charge in [0.25, 0.3) is 17.7 Å². The molecule has 6 bridgehead atoms. The quantitative estimate of drug-likeness (QED) is 0.0268. The van der Waals surface area contributed by atoms with E-state index in [0.29, 0.717) is 73.5 Å². The highest BCUT2D eigenvalue weighted by molar-refractivity contribution is 7.81. The molecule has 444 valence electrons. The Morgan fingerprint density at radius 1 is 0.449 bits per heavy atom. The van der Waals surface area contributed by atoms with E-state index in [9.17, 15) is 54.0 Å². The number of piperidine rings is 3. The van der Waals surface area contributed by atoms with Gasteiger partial charge >= 0.3 is 49.3 Å². The van der Waals surface area contributed by atoms with Gasteiger partial charge in [0.15, 0.2) is 0 Å². The Balaban J connectivity index is 0.000000170. The highest BCUT2D eigenvalue weighted by Gasteiger charge is 2.52.